The highest BCUT2D eigenvalue weighted by Gasteiger charge is 2.34. The second-order valence-corrected chi connectivity index (χ2v) is 9.73. The van der Waals surface area contributed by atoms with Crippen LogP contribution in [0.4, 0.5) is 5.69 Å². The van der Waals surface area contributed by atoms with Gasteiger partial charge in [0.25, 0.3) is 0 Å². The number of fused-ring (bicyclic) bond motifs is 1. The van der Waals surface area contributed by atoms with E-state index >= 15 is 0 Å². The van der Waals surface area contributed by atoms with Crippen molar-refractivity contribution in [2.75, 3.05) is 32.3 Å². The number of hydrogen-bond acceptors (Lipinski definition) is 7. The molecule has 0 aliphatic carbocycles. The Bertz CT molecular complexity index is 1480. The molecule has 2 atom stereocenters. The third-order valence-electron chi connectivity index (χ3n) is 7.05. The fraction of sp³-hybridized carbons (Fsp3) is 0.333. The minimum Gasteiger partial charge on any atom is -0.493 e. The number of ether oxygens (including phenoxy) is 3. The van der Waals surface area contributed by atoms with Gasteiger partial charge in [-0.15, -0.1) is 5.10 Å². The monoisotopic (exact) mass is 543 g/mol. The highest BCUT2D eigenvalue weighted by molar-refractivity contribution is 6.01. The van der Waals surface area contributed by atoms with Crippen LogP contribution in [0.1, 0.15) is 30.0 Å². The summed E-state index contributed by atoms with van der Waals surface area (Å²) >= 11 is 0. The molecule has 0 saturated carbocycles. The van der Waals surface area contributed by atoms with E-state index in [1.54, 1.807) is 30.0 Å². The van der Waals surface area contributed by atoms with Crippen molar-refractivity contribution in [2.45, 2.75) is 38.5 Å². The number of anilines is 1. The van der Waals surface area contributed by atoms with Gasteiger partial charge in [-0.3, -0.25) is 14.5 Å². The fourth-order valence-electron chi connectivity index (χ4n) is 4.93. The number of aryl methyl sites for hydroxylation is 1. The molecule has 4 aromatic rings. The molecule has 40 heavy (non-hydrogen) atoms. The zero-order valence-corrected chi connectivity index (χ0v) is 22.9. The van der Waals surface area contributed by atoms with Crippen molar-refractivity contribution in [1.29, 1.82) is 0 Å². The molecule has 1 aliphatic heterocycles. The molecule has 0 spiro atoms. The normalized spacial score (nSPS) is 15.5. The first-order valence-corrected chi connectivity index (χ1v) is 13.3. The van der Waals surface area contributed by atoms with Gasteiger partial charge >= 0.3 is 0 Å². The fourth-order valence-corrected chi connectivity index (χ4v) is 4.93. The van der Waals surface area contributed by atoms with Crippen LogP contribution >= 0.6 is 0 Å². The first kappa shape index (κ1) is 27.1. The molecule has 1 N–H and O–H groups in total. The lowest BCUT2D eigenvalue weighted by atomic mass is 10.0. The van der Waals surface area contributed by atoms with Crippen molar-refractivity contribution >= 4 is 28.5 Å². The summed E-state index contributed by atoms with van der Waals surface area (Å²) in [5.74, 6) is 0.286. The molecule has 208 valence electrons. The molecular formula is C30H33N5O5. The van der Waals surface area contributed by atoms with Gasteiger partial charge in [-0.2, -0.15) is 0 Å². The molecule has 10 nitrogen and oxygen atoms in total. The van der Waals surface area contributed by atoms with Gasteiger partial charge in [0.05, 0.1) is 25.8 Å². The summed E-state index contributed by atoms with van der Waals surface area (Å²) in [4.78, 5) is 29.7. The number of rotatable bonds is 10. The van der Waals surface area contributed by atoms with Gasteiger partial charge in [0.2, 0.25) is 11.8 Å². The first-order chi connectivity index (χ1) is 19.5. The van der Waals surface area contributed by atoms with Gasteiger partial charge in [-0.05, 0) is 49.6 Å². The molecule has 0 bridgehead atoms. The Morgan fingerprint density at radius 2 is 1.85 bits per heavy atom. The van der Waals surface area contributed by atoms with Gasteiger partial charge in [-0.1, -0.05) is 47.2 Å². The largest absolute Gasteiger partial charge is 0.493 e. The summed E-state index contributed by atoms with van der Waals surface area (Å²) in [7, 11) is 3.07. The number of para-hydroxylation sites is 1. The molecule has 2 amide bonds. The summed E-state index contributed by atoms with van der Waals surface area (Å²) in [6, 6.07) is 19.2. The Morgan fingerprint density at radius 1 is 1.07 bits per heavy atom. The maximum Gasteiger partial charge on any atom is 0.249 e. The van der Waals surface area contributed by atoms with Gasteiger partial charge in [0.1, 0.15) is 18.1 Å². The van der Waals surface area contributed by atoms with E-state index in [0.717, 1.165) is 23.9 Å². The van der Waals surface area contributed by atoms with E-state index in [1.807, 2.05) is 55.5 Å². The number of nitrogens with zero attached hydrogens (tertiary/aromatic N) is 4. The van der Waals surface area contributed by atoms with Crippen LogP contribution in [0.5, 0.6) is 11.5 Å². The Hall–Kier alpha value is -4.44. The third kappa shape index (κ3) is 5.76. The van der Waals surface area contributed by atoms with Crippen molar-refractivity contribution in [3.8, 4) is 11.5 Å². The van der Waals surface area contributed by atoms with E-state index in [4.69, 9.17) is 14.2 Å². The highest BCUT2D eigenvalue weighted by atomic mass is 16.5. The van der Waals surface area contributed by atoms with Crippen molar-refractivity contribution in [1.82, 2.24) is 20.3 Å². The number of benzene rings is 3. The van der Waals surface area contributed by atoms with Crippen molar-refractivity contribution in [3.63, 3.8) is 0 Å². The maximum absolute atomic E-state index is 14.2. The summed E-state index contributed by atoms with van der Waals surface area (Å²) in [6.07, 6.45) is 1.80. The minimum absolute atomic E-state index is 0.0469. The molecular weight excluding hydrogens is 510 g/mol. The van der Waals surface area contributed by atoms with E-state index in [-0.39, 0.29) is 24.5 Å². The van der Waals surface area contributed by atoms with E-state index < -0.39 is 6.04 Å². The summed E-state index contributed by atoms with van der Waals surface area (Å²) in [5.41, 5.74) is 3.59. The number of methoxy groups -OCH3 is 2. The number of nitrogens with one attached hydrogen (secondary N) is 1. The Balaban J connectivity index is 1.57. The lowest BCUT2D eigenvalue weighted by Crippen LogP contribution is -2.46. The molecule has 1 aromatic heterocycles. The molecule has 1 aliphatic rings. The van der Waals surface area contributed by atoms with Crippen LogP contribution in [0.15, 0.2) is 66.7 Å². The van der Waals surface area contributed by atoms with Crippen molar-refractivity contribution < 1.29 is 23.8 Å². The minimum atomic E-state index is -0.970. The maximum atomic E-state index is 14.2. The van der Waals surface area contributed by atoms with Gasteiger partial charge in [0.15, 0.2) is 11.5 Å². The Morgan fingerprint density at radius 3 is 2.58 bits per heavy atom. The van der Waals surface area contributed by atoms with Crippen LogP contribution in [0.3, 0.4) is 0 Å². The molecule has 1 saturated heterocycles. The van der Waals surface area contributed by atoms with Gasteiger partial charge in [-0.25, -0.2) is 4.68 Å². The Labute approximate surface area is 232 Å². The average Bonchev–Trinajstić information content (AvgIpc) is 3.65. The van der Waals surface area contributed by atoms with E-state index in [9.17, 15) is 9.59 Å². The van der Waals surface area contributed by atoms with Crippen LogP contribution in [0, 0.1) is 6.92 Å². The van der Waals surface area contributed by atoms with E-state index in [1.165, 1.54) is 12.0 Å². The van der Waals surface area contributed by atoms with E-state index in [0.29, 0.717) is 41.4 Å². The summed E-state index contributed by atoms with van der Waals surface area (Å²) < 4.78 is 18.2. The second kappa shape index (κ2) is 12.2. The van der Waals surface area contributed by atoms with Crippen LogP contribution < -0.4 is 19.7 Å². The Kier molecular flexibility index (Phi) is 8.26. The van der Waals surface area contributed by atoms with Gasteiger partial charge < -0.3 is 19.5 Å². The van der Waals surface area contributed by atoms with Crippen LogP contribution in [-0.2, 0) is 20.9 Å². The topological polar surface area (TPSA) is 108 Å². The number of aromatic nitrogens is 3. The molecule has 0 unspecified atom stereocenters. The van der Waals surface area contributed by atoms with Crippen molar-refractivity contribution in [2.24, 2.45) is 0 Å². The highest BCUT2D eigenvalue weighted by Crippen LogP contribution is 2.36. The first-order valence-electron chi connectivity index (χ1n) is 13.3. The molecule has 2 heterocycles. The van der Waals surface area contributed by atoms with Crippen LogP contribution in [0.25, 0.3) is 11.0 Å². The second-order valence-electron chi connectivity index (χ2n) is 9.73. The zero-order valence-electron chi connectivity index (χ0n) is 22.9. The number of carbonyl (C=O) groups excluding carboxylic acids is 2. The third-order valence-corrected chi connectivity index (χ3v) is 7.05. The van der Waals surface area contributed by atoms with Crippen molar-refractivity contribution in [3.05, 3.63) is 77.9 Å². The average molecular weight is 544 g/mol. The number of amides is 2. The predicted octanol–water partition coefficient (Wildman–Crippen LogP) is 3.83. The number of hydrogen-bond donors (Lipinski definition) is 1. The van der Waals surface area contributed by atoms with Crippen LogP contribution in [0.2, 0.25) is 0 Å². The van der Waals surface area contributed by atoms with Crippen LogP contribution in [-0.4, -0.2) is 60.3 Å². The lowest BCUT2D eigenvalue weighted by Gasteiger charge is -2.32. The molecule has 1 fully saturated rings. The standard InChI is InChI=1S/C30H33N5O5/c1-20-10-12-21(13-11-20)29(30(37)31-18-23-7-6-16-40-23)35(22-14-15-26(38-2)27(17-22)39-3)28(36)19-34-25-9-5-4-8-24(25)32-33-34/h4-5,8-15,17,23,29H,6-7,16,18-19H2,1-3H3,(H,31,37)/t23-,29+/m0/s1. The zero-order chi connectivity index (χ0) is 28.1. The molecule has 3 aromatic carbocycles. The van der Waals surface area contributed by atoms with Gasteiger partial charge in [0, 0.05) is 24.9 Å². The predicted molar refractivity (Wildman–Crippen MR) is 150 cm³/mol. The summed E-state index contributed by atoms with van der Waals surface area (Å²) in [6.45, 7) is 2.90. The quantitative estimate of drug-likeness (QED) is 0.324. The lowest BCUT2D eigenvalue weighted by molar-refractivity contribution is -0.127. The van der Waals surface area contributed by atoms with E-state index in [2.05, 4.69) is 15.6 Å². The number of carbonyl (C=O) groups is 2. The molecule has 0 radical (unpaired) electrons. The molecule has 5 rings (SSSR count). The smallest absolute Gasteiger partial charge is 0.249 e. The molecule has 10 heteroatoms. The SMILES string of the molecule is COc1ccc(N(C(=O)Cn2nnc3ccccc32)[C@@H](C(=O)NC[C@@H]2CCCO2)c2ccc(C)cc2)cc1OC. The summed E-state index contributed by atoms with van der Waals surface area (Å²) in [5, 5.41) is 11.4.